The number of benzene rings is 4. The third kappa shape index (κ3) is 7.21. The van der Waals surface area contributed by atoms with Crippen molar-refractivity contribution >= 4 is 44.4 Å². The van der Waals surface area contributed by atoms with Gasteiger partial charge in [0.1, 0.15) is 23.0 Å². The summed E-state index contributed by atoms with van der Waals surface area (Å²) in [6, 6.07) is 25.5. The van der Waals surface area contributed by atoms with Crippen LogP contribution in [0.5, 0.6) is 0 Å². The molecule has 7 aromatic heterocycles. The van der Waals surface area contributed by atoms with Crippen LogP contribution < -0.4 is 11.1 Å². The summed E-state index contributed by atoms with van der Waals surface area (Å²) < 4.78 is 30.6. The van der Waals surface area contributed by atoms with Crippen LogP contribution in [0, 0.1) is 11.6 Å². The van der Waals surface area contributed by atoms with E-state index >= 15 is 4.39 Å². The SMILES string of the molecule is CCNCc1cncc(-c2ccc3[nH]nc(-c4nc5c(-c6ccc(F)c(-c7cc(-c8cncc(N)c8)cc8c7CCN=C8c7nc8c(-c9ccc(F)cc9)cncc8[nH]7)c6)cncc5[nH]4)c3c2)c1. The number of H-pyrrole nitrogens is 3. The number of nitrogens with two attached hydrogens (primary N) is 1. The Labute approximate surface area is 386 Å². The van der Waals surface area contributed by atoms with Crippen LogP contribution in [0.2, 0.25) is 0 Å². The number of nitrogen functional groups attached to an aromatic ring is 1. The van der Waals surface area contributed by atoms with Crippen molar-refractivity contribution in [3.05, 3.63) is 169 Å². The van der Waals surface area contributed by atoms with Crippen molar-refractivity contribution in [3.8, 4) is 67.2 Å². The highest BCUT2D eigenvalue weighted by Gasteiger charge is 2.26. The molecule has 15 heteroatoms. The van der Waals surface area contributed by atoms with E-state index in [2.05, 4.69) is 65.4 Å². The molecule has 330 valence electrons. The van der Waals surface area contributed by atoms with E-state index in [-0.39, 0.29) is 5.82 Å². The number of aromatic amines is 3. The minimum Gasteiger partial charge on any atom is -0.397 e. The molecule has 13 nitrogen and oxygen atoms in total. The van der Waals surface area contributed by atoms with Crippen LogP contribution in [0.15, 0.2) is 139 Å². The second kappa shape index (κ2) is 16.6. The van der Waals surface area contributed by atoms with Crippen LogP contribution in [0.25, 0.3) is 100 Å². The summed E-state index contributed by atoms with van der Waals surface area (Å²) in [5, 5.41) is 12.1. The molecule has 1 aliphatic heterocycles. The summed E-state index contributed by atoms with van der Waals surface area (Å²) in [5.41, 5.74) is 22.0. The average Bonchev–Trinajstić information content (AvgIpc) is 4.13. The summed E-state index contributed by atoms with van der Waals surface area (Å²) in [6.45, 7) is 4.13. The van der Waals surface area contributed by atoms with E-state index in [0.717, 1.165) is 85.2 Å². The normalized spacial score (nSPS) is 12.5. The van der Waals surface area contributed by atoms with Crippen molar-refractivity contribution in [1.29, 1.82) is 0 Å². The number of aliphatic imine (C=N–C) groups is 1. The molecule has 6 N–H and O–H groups in total. The lowest BCUT2D eigenvalue weighted by molar-refractivity contribution is 0.628. The molecular formula is C53H39F2N13. The summed E-state index contributed by atoms with van der Waals surface area (Å²) >= 11 is 0. The van der Waals surface area contributed by atoms with Gasteiger partial charge in [0.15, 0.2) is 11.6 Å². The number of pyridine rings is 4. The lowest BCUT2D eigenvalue weighted by Gasteiger charge is -2.22. The molecular weight excluding hydrogens is 857 g/mol. The third-order valence-corrected chi connectivity index (χ3v) is 12.5. The molecule has 0 aliphatic carbocycles. The molecule has 0 amide bonds. The van der Waals surface area contributed by atoms with E-state index in [1.54, 1.807) is 55.4 Å². The molecule has 0 unspecified atom stereocenters. The molecule has 0 saturated heterocycles. The van der Waals surface area contributed by atoms with E-state index in [1.165, 1.54) is 18.2 Å². The van der Waals surface area contributed by atoms with Crippen molar-refractivity contribution in [2.24, 2.45) is 4.99 Å². The fourth-order valence-electron chi connectivity index (χ4n) is 9.17. The van der Waals surface area contributed by atoms with Crippen LogP contribution in [-0.2, 0) is 13.0 Å². The molecule has 0 fully saturated rings. The molecule has 0 radical (unpaired) electrons. The molecule has 0 bridgehead atoms. The summed E-state index contributed by atoms with van der Waals surface area (Å²) in [7, 11) is 0. The lowest BCUT2D eigenvalue weighted by atomic mass is 9.85. The van der Waals surface area contributed by atoms with Crippen LogP contribution in [0.4, 0.5) is 14.5 Å². The van der Waals surface area contributed by atoms with Gasteiger partial charge in [0, 0.05) is 89.0 Å². The number of nitrogens with zero attached hydrogens (tertiary/aromatic N) is 8. The van der Waals surface area contributed by atoms with Gasteiger partial charge in [-0.25, -0.2) is 18.7 Å². The van der Waals surface area contributed by atoms with Gasteiger partial charge >= 0.3 is 0 Å². The first-order valence-electron chi connectivity index (χ1n) is 22.2. The molecule has 11 aromatic rings. The van der Waals surface area contributed by atoms with Crippen molar-refractivity contribution in [1.82, 2.24) is 55.4 Å². The molecule has 0 spiro atoms. The van der Waals surface area contributed by atoms with Gasteiger partial charge in [-0.3, -0.25) is 30.0 Å². The van der Waals surface area contributed by atoms with Gasteiger partial charge in [0.2, 0.25) is 0 Å². The summed E-state index contributed by atoms with van der Waals surface area (Å²) in [4.78, 5) is 40.1. The van der Waals surface area contributed by atoms with Crippen LogP contribution >= 0.6 is 0 Å². The van der Waals surface area contributed by atoms with Crippen molar-refractivity contribution in [2.45, 2.75) is 19.9 Å². The standard InChI is InChI=1S/C53H39F2N13/c1-2-57-19-28-13-33(21-58-20-28)30-6-10-45-41(15-30)51(68-67-45)53-64-47-27-61-25-43(49(47)66-53)31-5-9-44(55)39(16-31)38-17-32(34-14-36(56)23-59-22-34)18-40-37(38)11-12-62-50(40)52-63-46-26-60-24-42(48(46)65-52)29-3-7-35(54)8-4-29/h3-10,13-18,20-27,57H,2,11-12,19,56H2,1H3,(H,63,65)(H,64,66)(H,67,68). The van der Waals surface area contributed by atoms with Crippen LogP contribution in [-0.4, -0.2) is 68.9 Å². The fourth-order valence-corrected chi connectivity index (χ4v) is 9.17. The number of aromatic nitrogens is 10. The maximum absolute atomic E-state index is 16.6. The predicted molar refractivity (Wildman–Crippen MR) is 262 cm³/mol. The van der Waals surface area contributed by atoms with E-state index in [0.29, 0.717) is 74.9 Å². The maximum atomic E-state index is 16.6. The Bertz CT molecular complexity index is 3790. The zero-order valence-corrected chi connectivity index (χ0v) is 36.4. The van der Waals surface area contributed by atoms with Crippen LogP contribution in [0.1, 0.15) is 29.4 Å². The number of fused-ring (bicyclic) bond motifs is 4. The first-order valence-corrected chi connectivity index (χ1v) is 22.2. The highest BCUT2D eigenvalue weighted by Crippen LogP contribution is 2.40. The number of hydrogen-bond donors (Lipinski definition) is 5. The van der Waals surface area contributed by atoms with E-state index in [4.69, 9.17) is 25.8 Å². The smallest absolute Gasteiger partial charge is 0.159 e. The number of anilines is 1. The lowest BCUT2D eigenvalue weighted by Crippen LogP contribution is -2.17. The fraction of sp³-hybridized carbons (Fsp3) is 0.0943. The Balaban J connectivity index is 0.958. The number of rotatable bonds is 10. The Kier molecular flexibility index (Phi) is 9.90. The van der Waals surface area contributed by atoms with Crippen molar-refractivity contribution in [2.75, 3.05) is 18.8 Å². The average molecular weight is 896 g/mol. The largest absolute Gasteiger partial charge is 0.397 e. The minimum absolute atomic E-state index is 0.331. The summed E-state index contributed by atoms with van der Waals surface area (Å²) in [6.07, 6.45) is 14.5. The van der Waals surface area contributed by atoms with E-state index in [1.807, 2.05) is 42.7 Å². The molecule has 68 heavy (non-hydrogen) atoms. The predicted octanol–water partition coefficient (Wildman–Crippen LogP) is 10.3. The second-order valence-corrected chi connectivity index (χ2v) is 16.8. The number of imidazole rings is 2. The summed E-state index contributed by atoms with van der Waals surface area (Å²) in [5.74, 6) is 0.363. The molecule has 8 heterocycles. The molecule has 0 atom stereocenters. The number of halogens is 2. The number of hydrogen-bond acceptors (Lipinski definition) is 10. The van der Waals surface area contributed by atoms with Crippen molar-refractivity contribution < 1.29 is 8.78 Å². The van der Waals surface area contributed by atoms with Gasteiger partial charge in [0.25, 0.3) is 0 Å². The molecule has 1 aliphatic rings. The Morgan fingerprint density at radius 3 is 2.06 bits per heavy atom. The maximum Gasteiger partial charge on any atom is 0.159 e. The first-order chi connectivity index (χ1) is 33.3. The van der Waals surface area contributed by atoms with Gasteiger partial charge in [-0.1, -0.05) is 31.2 Å². The molecule has 12 rings (SSSR count). The molecule has 0 saturated carbocycles. The quantitative estimate of drug-likeness (QED) is 0.0890. The van der Waals surface area contributed by atoms with Gasteiger partial charge in [-0.2, -0.15) is 5.10 Å². The van der Waals surface area contributed by atoms with E-state index < -0.39 is 5.82 Å². The Morgan fingerprint density at radius 2 is 1.26 bits per heavy atom. The monoisotopic (exact) mass is 895 g/mol. The highest BCUT2D eigenvalue weighted by atomic mass is 19.1. The van der Waals surface area contributed by atoms with Gasteiger partial charge in [0.05, 0.1) is 45.7 Å². The van der Waals surface area contributed by atoms with Gasteiger partial charge in [-0.05, 0) is 113 Å². The van der Waals surface area contributed by atoms with E-state index in [9.17, 15) is 4.39 Å². The Hall–Kier alpha value is -8.82. The third-order valence-electron chi connectivity index (χ3n) is 12.5. The number of nitrogens with one attached hydrogen (secondary N) is 4. The van der Waals surface area contributed by atoms with Gasteiger partial charge < -0.3 is 21.0 Å². The van der Waals surface area contributed by atoms with Crippen molar-refractivity contribution in [3.63, 3.8) is 0 Å². The topological polar surface area (TPSA) is 188 Å². The Morgan fingerprint density at radius 1 is 0.588 bits per heavy atom. The van der Waals surface area contributed by atoms with Crippen LogP contribution in [0.3, 0.4) is 0 Å². The zero-order valence-electron chi connectivity index (χ0n) is 36.4. The second-order valence-electron chi connectivity index (χ2n) is 16.8. The minimum atomic E-state index is -0.398. The zero-order chi connectivity index (χ0) is 45.9. The highest BCUT2D eigenvalue weighted by molar-refractivity contribution is 6.15. The molecule has 4 aromatic carbocycles. The first kappa shape index (κ1) is 40.7. The van der Waals surface area contributed by atoms with Gasteiger partial charge in [-0.15, -0.1) is 0 Å².